The van der Waals surface area contributed by atoms with Crippen molar-refractivity contribution in [1.29, 1.82) is 0 Å². The van der Waals surface area contributed by atoms with Gasteiger partial charge in [-0.05, 0) is 11.8 Å². The largest absolute Gasteiger partial charge is 0.0654 e. The molecule has 0 saturated heterocycles. The average molecular weight is 311 g/mol. The molecule has 0 spiro atoms. The second kappa shape index (κ2) is 17.4. The SMILES string of the molecule is CCCCCCCCCC(C)C(CCC)CCCCCCC. The van der Waals surface area contributed by atoms with E-state index in [-0.39, 0.29) is 0 Å². The minimum Gasteiger partial charge on any atom is -0.0654 e. The third kappa shape index (κ3) is 13.6. The highest BCUT2D eigenvalue weighted by Gasteiger charge is 2.15. The number of unbranched alkanes of at least 4 members (excludes halogenated alkanes) is 10. The maximum Gasteiger partial charge on any atom is -0.0389 e. The Bertz CT molecular complexity index is 196. The molecule has 0 heterocycles. The van der Waals surface area contributed by atoms with Gasteiger partial charge >= 0.3 is 0 Å². The highest BCUT2D eigenvalue weighted by Crippen LogP contribution is 2.28. The lowest BCUT2D eigenvalue weighted by atomic mass is 9.82. The van der Waals surface area contributed by atoms with Crippen LogP contribution in [-0.2, 0) is 0 Å². The van der Waals surface area contributed by atoms with Crippen LogP contribution in [-0.4, -0.2) is 0 Å². The van der Waals surface area contributed by atoms with Crippen molar-refractivity contribution in [2.45, 2.75) is 130 Å². The lowest BCUT2D eigenvalue weighted by molar-refractivity contribution is 0.280. The van der Waals surface area contributed by atoms with E-state index in [1.54, 1.807) is 0 Å². The minimum atomic E-state index is 0.960. The molecule has 0 rings (SSSR count). The van der Waals surface area contributed by atoms with E-state index in [1.807, 2.05) is 0 Å². The molecule has 0 radical (unpaired) electrons. The van der Waals surface area contributed by atoms with Crippen molar-refractivity contribution in [1.82, 2.24) is 0 Å². The summed E-state index contributed by atoms with van der Waals surface area (Å²) < 4.78 is 0. The topological polar surface area (TPSA) is 0 Å². The molecule has 0 bridgehead atoms. The van der Waals surface area contributed by atoms with Crippen LogP contribution in [0.5, 0.6) is 0 Å². The van der Waals surface area contributed by atoms with Crippen LogP contribution in [0.1, 0.15) is 130 Å². The maximum atomic E-state index is 2.53. The molecule has 0 fully saturated rings. The van der Waals surface area contributed by atoms with Crippen molar-refractivity contribution in [2.75, 3.05) is 0 Å². The van der Waals surface area contributed by atoms with Crippen LogP contribution in [0, 0.1) is 11.8 Å². The van der Waals surface area contributed by atoms with Gasteiger partial charge in [-0.15, -0.1) is 0 Å². The molecule has 0 aromatic heterocycles. The molecule has 0 aromatic carbocycles. The van der Waals surface area contributed by atoms with Gasteiger partial charge in [-0.1, -0.05) is 130 Å². The van der Waals surface area contributed by atoms with E-state index in [0.29, 0.717) is 0 Å². The van der Waals surface area contributed by atoms with Crippen molar-refractivity contribution in [2.24, 2.45) is 11.8 Å². The zero-order chi connectivity index (χ0) is 16.5. The van der Waals surface area contributed by atoms with Gasteiger partial charge in [0, 0.05) is 0 Å². The molecule has 0 aliphatic carbocycles. The average Bonchev–Trinajstić information content (AvgIpc) is 2.52. The van der Waals surface area contributed by atoms with Crippen molar-refractivity contribution in [3.63, 3.8) is 0 Å². The summed E-state index contributed by atoms with van der Waals surface area (Å²) in [5.74, 6) is 1.97. The van der Waals surface area contributed by atoms with Gasteiger partial charge < -0.3 is 0 Å². The Morgan fingerprint density at radius 3 is 1.41 bits per heavy atom. The van der Waals surface area contributed by atoms with Crippen LogP contribution < -0.4 is 0 Å². The minimum absolute atomic E-state index is 0.960. The molecule has 22 heavy (non-hydrogen) atoms. The number of hydrogen-bond donors (Lipinski definition) is 0. The van der Waals surface area contributed by atoms with Crippen LogP contribution in [0.3, 0.4) is 0 Å². The van der Waals surface area contributed by atoms with E-state index in [9.17, 15) is 0 Å². The van der Waals surface area contributed by atoms with Crippen molar-refractivity contribution in [3.05, 3.63) is 0 Å². The molecule has 0 heteroatoms. The van der Waals surface area contributed by atoms with Crippen LogP contribution in [0.2, 0.25) is 0 Å². The van der Waals surface area contributed by atoms with E-state index in [0.717, 1.165) is 11.8 Å². The molecular formula is C22H46. The van der Waals surface area contributed by atoms with E-state index in [1.165, 1.54) is 103 Å². The Hall–Kier alpha value is 0. The summed E-state index contributed by atoms with van der Waals surface area (Å²) in [4.78, 5) is 0. The summed E-state index contributed by atoms with van der Waals surface area (Å²) >= 11 is 0. The first-order chi connectivity index (χ1) is 10.8. The van der Waals surface area contributed by atoms with Gasteiger partial charge in [-0.3, -0.25) is 0 Å². The molecule has 0 saturated carbocycles. The summed E-state index contributed by atoms with van der Waals surface area (Å²) in [7, 11) is 0. The third-order valence-corrected chi connectivity index (χ3v) is 5.41. The highest BCUT2D eigenvalue weighted by atomic mass is 14.2. The zero-order valence-corrected chi connectivity index (χ0v) is 16.5. The van der Waals surface area contributed by atoms with Gasteiger partial charge in [-0.2, -0.15) is 0 Å². The maximum absolute atomic E-state index is 2.53. The van der Waals surface area contributed by atoms with Crippen LogP contribution in [0.4, 0.5) is 0 Å². The molecule has 0 aliphatic rings. The molecule has 0 nitrogen and oxygen atoms in total. The summed E-state index contributed by atoms with van der Waals surface area (Å²) in [5.41, 5.74) is 0. The Morgan fingerprint density at radius 1 is 0.455 bits per heavy atom. The number of rotatable bonds is 17. The molecule has 2 unspecified atom stereocenters. The Labute approximate surface area is 142 Å². The third-order valence-electron chi connectivity index (χ3n) is 5.41. The summed E-state index contributed by atoms with van der Waals surface area (Å²) in [6.07, 6.45) is 23.2. The van der Waals surface area contributed by atoms with E-state index < -0.39 is 0 Å². The predicted molar refractivity (Wildman–Crippen MR) is 104 cm³/mol. The van der Waals surface area contributed by atoms with E-state index in [4.69, 9.17) is 0 Å². The molecule has 134 valence electrons. The normalized spacial score (nSPS) is 14.2. The standard InChI is InChI=1S/C22H46/c1-5-8-10-12-13-15-16-19-21(4)22(18-7-3)20-17-14-11-9-6-2/h21-22H,5-20H2,1-4H3. The van der Waals surface area contributed by atoms with Gasteiger partial charge in [0.1, 0.15) is 0 Å². The number of hydrogen-bond acceptors (Lipinski definition) is 0. The van der Waals surface area contributed by atoms with Gasteiger partial charge in [0.2, 0.25) is 0 Å². The van der Waals surface area contributed by atoms with Gasteiger partial charge in [0.15, 0.2) is 0 Å². The molecule has 0 amide bonds. The highest BCUT2D eigenvalue weighted by molar-refractivity contribution is 4.67. The molecular weight excluding hydrogens is 264 g/mol. The molecule has 2 atom stereocenters. The molecule has 0 aromatic rings. The Morgan fingerprint density at radius 2 is 0.909 bits per heavy atom. The van der Waals surface area contributed by atoms with Gasteiger partial charge in [0.05, 0.1) is 0 Å². The van der Waals surface area contributed by atoms with Crippen LogP contribution in [0.25, 0.3) is 0 Å². The summed E-state index contributed by atoms with van der Waals surface area (Å²) in [5, 5.41) is 0. The van der Waals surface area contributed by atoms with E-state index >= 15 is 0 Å². The smallest absolute Gasteiger partial charge is 0.0389 e. The van der Waals surface area contributed by atoms with E-state index in [2.05, 4.69) is 27.7 Å². The first-order valence-electron chi connectivity index (χ1n) is 10.8. The predicted octanol–water partition coefficient (Wildman–Crippen LogP) is 8.54. The fourth-order valence-electron chi connectivity index (χ4n) is 3.75. The van der Waals surface area contributed by atoms with Crippen LogP contribution >= 0.6 is 0 Å². The van der Waals surface area contributed by atoms with Crippen molar-refractivity contribution in [3.8, 4) is 0 Å². The van der Waals surface area contributed by atoms with Crippen molar-refractivity contribution >= 4 is 0 Å². The zero-order valence-electron chi connectivity index (χ0n) is 16.5. The lowest BCUT2D eigenvalue weighted by Crippen LogP contribution is -2.12. The van der Waals surface area contributed by atoms with Crippen LogP contribution in [0.15, 0.2) is 0 Å². The second-order valence-electron chi connectivity index (χ2n) is 7.64. The second-order valence-corrected chi connectivity index (χ2v) is 7.64. The monoisotopic (exact) mass is 310 g/mol. The Balaban J connectivity index is 3.67. The summed E-state index contributed by atoms with van der Waals surface area (Å²) in [6, 6.07) is 0. The Kier molecular flexibility index (Phi) is 17.4. The fourth-order valence-corrected chi connectivity index (χ4v) is 3.75. The van der Waals surface area contributed by atoms with Gasteiger partial charge in [0.25, 0.3) is 0 Å². The molecule has 0 aliphatic heterocycles. The lowest BCUT2D eigenvalue weighted by Gasteiger charge is -2.24. The first kappa shape index (κ1) is 22.0. The van der Waals surface area contributed by atoms with Gasteiger partial charge in [-0.25, -0.2) is 0 Å². The summed E-state index contributed by atoms with van der Waals surface area (Å²) in [6.45, 7) is 9.51. The molecule has 0 N–H and O–H groups in total. The van der Waals surface area contributed by atoms with Crippen molar-refractivity contribution < 1.29 is 0 Å². The quantitative estimate of drug-likeness (QED) is 0.236. The fraction of sp³-hybridized carbons (Fsp3) is 1.00. The first-order valence-corrected chi connectivity index (χ1v) is 10.8.